The second-order valence-electron chi connectivity index (χ2n) is 7.00. The average molecular weight is 382 g/mol. The number of halogens is 4. The Labute approximate surface area is 160 Å². The first-order chi connectivity index (χ1) is 13.5. The second-order valence-corrected chi connectivity index (χ2v) is 7.00. The summed E-state index contributed by atoms with van der Waals surface area (Å²) in [6.07, 6.45) is 3.23. The molecule has 28 heavy (non-hydrogen) atoms. The summed E-state index contributed by atoms with van der Waals surface area (Å²) in [4.78, 5) is 0. The van der Waals surface area contributed by atoms with Crippen LogP contribution < -0.4 is 0 Å². The van der Waals surface area contributed by atoms with E-state index in [-0.39, 0.29) is 11.1 Å². The standard InChI is InChI=1S/C24H18F4/c1-2-3-4-14-5-7-17-15(11-14)6-8-20-19(17)10-9-18(23(20)27)16-12-21(25)24(28)22(26)13-16/h5-13H,2-4H2,1H3. The van der Waals surface area contributed by atoms with Gasteiger partial charge in [-0.15, -0.1) is 0 Å². The fourth-order valence-corrected chi connectivity index (χ4v) is 3.63. The van der Waals surface area contributed by atoms with Gasteiger partial charge in [0.25, 0.3) is 0 Å². The van der Waals surface area contributed by atoms with Crippen molar-refractivity contribution in [1.29, 1.82) is 0 Å². The van der Waals surface area contributed by atoms with E-state index in [1.807, 2.05) is 18.2 Å². The minimum absolute atomic E-state index is 0.0317. The van der Waals surface area contributed by atoms with E-state index in [1.165, 1.54) is 11.6 Å². The Kier molecular flexibility index (Phi) is 4.80. The molecule has 0 aliphatic heterocycles. The van der Waals surface area contributed by atoms with E-state index in [2.05, 4.69) is 13.0 Å². The number of hydrogen-bond donors (Lipinski definition) is 0. The molecule has 0 saturated carbocycles. The molecule has 0 bridgehead atoms. The fraction of sp³-hybridized carbons (Fsp3) is 0.167. The highest BCUT2D eigenvalue weighted by Crippen LogP contribution is 2.34. The minimum Gasteiger partial charge on any atom is -0.206 e. The van der Waals surface area contributed by atoms with E-state index in [0.717, 1.165) is 47.6 Å². The number of aryl methyl sites for hydroxylation is 1. The zero-order valence-electron chi connectivity index (χ0n) is 15.3. The molecule has 0 spiro atoms. The molecule has 4 aromatic carbocycles. The summed E-state index contributed by atoms with van der Waals surface area (Å²) in [5, 5.41) is 3.02. The van der Waals surface area contributed by atoms with Gasteiger partial charge in [0.05, 0.1) is 0 Å². The molecule has 0 amide bonds. The number of fused-ring (bicyclic) bond motifs is 3. The van der Waals surface area contributed by atoms with Gasteiger partial charge >= 0.3 is 0 Å². The molecular weight excluding hydrogens is 364 g/mol. The van der Waals surface area contributed by atoms with Gasteiger partial charge in [-0.2, -0.15) is 0 Å². The van der Waals surface area contributed by atoms with Gasteiger partial charge in [0.2, 0.25) is 0 Å². The zero-order chi connectivity index (χ0) is 19.8. The van der Waals surface area contributed by atoms with E-state index in [9.17, 15) is 13.2 Å². The van der Waals surface area contributed by atoms with Crippen molar-refractivity contribution in [2.24, 2.45) is 0 Å². The van der Waals surface area contributed by atoms with E-state index in [4.69, 9.17) is 0 Å². The third-order valence-electron chi connectivity index (χ3n) is 5.13. The van der Waals surface area contributed by atoms with Crippen LogP contribution in [-0.2, 0) is 6.42 Å². The normalized spacial score (nSPS) is 11.5. The second kappa shape index (κ2) is 7.27. The quantitative estimate of drug-likeness (QED) is 0.194. The summed E-state index contributed by atoms with van der Waals surface area (Å²) in [5.41, 5.74) is 1.23. The van der Waals surface area contributed by atoms with Crippen LogP contribution in [0.1, 0.15) is 25.3 Å². The van der Waals surface area contributed by atoms with Gasteiger partial charge in [-0.3, -0.25) is 0 Å². The summed E-state index contributed by atoms with van der Waals surface area (Å²) >= 11 is 0. The molecule has 0 nitrogen and oxygen atoms in total. The Balaban J connectivity index is 1.87. The van der Waals surface area contributed by atoms with Crippen LogP contribution in [0.5, 0.6) is 0 Å². The lowest BCUT2D eigenvalue weighted by molar-refractivity contribution is 0.447. The highest BCUT2D eigenvalue weighted by molar-refractivity contribution is 6.08. The van der Waals surface area contributed by atoms with Gasteiger partial charge in [0.15, 0.2) is 17.5 Å². The average Bonchev–Trinajstić information content (AvgIpc) is 2.70. The summed E-state index contributed by atoms with van der Waals surface area (Å²) < 4.78 is 55.5. The summed E-state index contributed by atoms with van der Waals surface area (Å²) in [5.74, 6) is -4.82. The van der Waals surface area contributed by atoms with Gasteiger partial charge in [-0.1, -0.05) is 55.8 Å². The molecule has 0 radical (unpaired) electrons. The van der Waals surface area contributed by atoms with Gasteiger partial charge in [0.1, 0.15) is 5.82 Å². The molecule has 0 aliphatic rings. The van der Waals surface area contributed by atoms with Crippen LogP contribution in [0, 0.1) is 23.3 Å². The molecule has 142 valence electrons. The van der Waals surface area contributed by atoms with E-state index in [0.29, 0.717) is 5.39 Å². The topological polar surface area (TPSA) is 0 Å². The Hall–Kier alpha value is -2.88. The molecule has 0 heterocycles. The van der Waals surface area contributed by atoms with Crippen LogP contribution in [0.25, 0.3) is 32.7 Å². The lowest BCUT2D eigenvalue weighted by atomic mass is 9.95. The smallest absolute Gasteiger partial charge is 0.194 e. The van der Waals surface area contributed by atoms with Crippen LogP contribution in [0.4, 0.5) is 17.6 Å². The molecule has 0 N–H and O–H groups in total. The molecule has 0 saturated heterocycles. The first-order valence-electron chi connectivity index (χ1n) is 9.28. The highest BCUT2D eigenvalue weighted by atomic mass is 19.2. The molecular formula is C24H18F4. The molecule has 4 aromatic rings. The molecule has 4 heteroatoms. The Morgan fingerprint density at radius 1 is 0.679 bits per heavy atom. The van der Waals surface area contributed by atoms with Crippen LogP contribution in [0.2, 0.25) is 0 Å². The van der Waals surface area contributed by atoms with Gasteiger partial charge in [-0.25, -0.2) is 17.6 Å². The van der Waals surface area contributed by atoms with Crippen molar-refractivity contribution in [2.45, 2.75) is 26.2 Å². The zero-order valence-corrected chi connectivity index (χ0v) is 15.3. The van der Waals surface area contributed by atoms with Crippen LogP contribution in [-0.4, -0.2) is 0 Å². The molecule has 0 aromatic heterocycles. The van der Waals surface area contributed by atoms with Gasteiger partial charge < -0.3 is 0 Å². The molecule has 0 atom stereocenters. The third kappa shape index (κ3) is 3.13. The van der Waals surface area contributed by atoms with E-state index < -0.39 is 23.3 Å². The number of benzene rings is 4. The van der Waals surface area contributed by atoms with Crippen molar-refractivity contribution in [2.75, 3.05) is 0 Å². The Morgan fingerprint density at radius 3 is 2.07 bits per heavy atom. The lowest BCUT2D eigenvalue weighted by Crippen LogP contribution is -1.94. The van der Waals surface area contributed by atoms with Crippen molar-refractivity contribution in [3.05, 3.63) is 83.4 Å². The van der Waals surface area contributed by atoms with Crippen LogP contribution >= 0.6 is 0 Å². The summed E-state index contributed by atoms with van der Waals surface area (Å²) in [6, 6.07) is 14.5. The molecule has 4 rings (SSSR count). The van der Waals surface area contributed by atoms with E-state index >= 15 is 4.39 Å². The fourth-order valence-electron chi connectivity index (χ4n) is 3.63. The first kappa shape index (κ1) is 18.5. The van der Waals surface area contributed by atoms with Crippen molar-refractivity contribution >= 4 is 21.5 Å². The number of unbranched alkanes of at least 4 members (excludes halogenated alkanes) is 1. The van der Waals surface area contributed by atoms with Crippen LogP contribution in [0.3, 0.4) is 0 Å². The number of hydrogen-bond acceptors (Lipinski definition) is 0. The maximum Gasteiger partial charge on any atom is 0.194 e. The highest BCUT2D eigenvalue weighted by Gasteiger charge is 2.16. The SMILES string of the molecule is CCCCc1ccc2c(ccc3c(F)c(-c4cc(F)c(F)c(F)c4)ccc32)c1. The van der Waals surface area contributed by atoms with E-state index in [1.54, 1.807) is 12.1 Å². The summed E-state index contributed by atoms with van der Waals surface area (Å²) in [7, 11) is 0. The van der Waals surface area contributed by atoms with Crippen molar-refractivity contribution < 1.29 is 17.6 Å². The number of rotatable bonds is 4. The Bertz CT molecular complexity index is 1170. The molecule has 0 unspecified atom stereocenters. The Morgan fingerprint density at radius 2 is 1.36 bits per heavy atom. The molecule has 0 fully saturated rings. The maximum atomic E-state index is 15.2. The lowest BCUT2D eigenvalue weighted by Gasteiger charge is -2.11. The minimum atomic E-state index is -1.56. The van der Waals surface area contributed by atoms with Crippen molar-refractivity contribution in [3.8, 4) is 11.1 Å². The van der Waals surface area contributed by atoms with Crippen LogP contribution in [0.15, 0.2) is 54.6 Å². The maximum absolute atomic E-state index is 15.2. The third-order valence-corrected chi connectivity index (χ3v) is 5.13. The largest absolute Gasteiger partial charge is 0.206 e. The van der Waals surface area contributed by atoms with Crippen molar-refractivity contribution in [1.82, 2.24) is 0 Å². The van der Waals surface area contributed by atoms with Gasteiger partial charge in [-0.05, 0) is 52.3 Å². The molecule has 0 aliphatic carbocycles. The first-order valence-corrected chi connectivity index (χ1v) is 9.28. The summed E-state index contributed by atoms with van der Waals surface area (Å²) in [6.45, 7) is 2.15. The monoisotopic (exact) mass is 382 g/mol. The predicted octanol–water partition coefficient (Wildman–Crippen LogP) is 7.56. The van der Waals surface area contributed by atoms with Gasteiger partial charge in [0, 0.05) is 10.9 Å². The predicted molar refractivity (Wildman–Crippen MR) is 105 cm³/mol. The van der Waals surface area contributed by atoms with Crippen molar-refractivity contribution in [3.63, 3.8) is 0 Å².